The number of benzene rings is 2. The van der Waals surface area contributed by atoms with Gasteiger partial charge in [0, 0.05) is 38.7 Å². The number of nitrogens with zero attached hydrogens (tertiary/aromatic N) is 4. The molecule has 198 valence electrons. The third-order valence-electron chi connectivity index (χ3n) is 6.57. The molecule has 5 rings (SSSR count). The van der Waals surface area contributed by atoms with Crippen LogP contribution in [-0.4, -0.2) is 71.9 Å². The highest BCUT2D eigenvalue weighted by molar-refractivity contribution is 6.00. The molecule has 1 saturated heterocycles. The fourth-order valence-corrected chi connectivity index (χ4v) is 4.55. The van der Waals surface area contributed by atoms with Crippen LogP contribution >= 0.6 is 0 Å². The molecule has 11 heteroatoms. The van der Waals surface area contributed by atoms with E-state index in [2.05, 4.69) is 10.4 Å². The maximum atomic E-state index is 13.5. The van der Waals surface area contributed by atoms with Crippen LogP contribution in [0.15, 0.2) is 54.9 Å². The maximum absolute atomic E-state index is 13.5. The summed E-state index contributed by atoms with van der Waals surface area (Å²) in [5.41, 5.74) is 1.99. The van der Waals surface area contributed by atoms with Gasteiger partial charge >= 0.3 is 6.03 Å². The molecule has 2 aromatic carbocycles. The number of carbonyl (C=O) groups is 3. The standard InChI is InChI=1S/C27H28FN5O5/c1-31-23-14-21(37-11-10-32-9-3-6-25(32)34)7-8-24(23)38-17-22(26(31)35)30-27(36)33-16-19(15-29-33)12-18-4-2-5-20(28)13-18/h2,4-5,7-8,13-16,22H,3,6,9-12,17H2,1H3,(H,30,36)/t22-/m0/s1. The smallest absolute Gasteiger partial charge is 0.342 e. The SMILES string of the molecule is CN1C(=O)[C@@H](NC(=O)n2cc(Cc3cccc(F)c3)cn2)COc2ccc(OCCN3CCCC3=O)cc21. The van der Waals surface area contributed by atoms with Gasteiger partial charge in [0.05, 0.1) is 18.4 Å². The lowest BCUT2D eigenvalue weighted by molar-refractivity contribution is -0.128. The molecule has 3 heterocycles. The highest BCUT2D eigenvalue weighted by atomic mass is 19.1. The van der Waals surface area contributed by atoms with E-state index in [0.29, 0.717) is 43.2 Å². The zero-order valence-corrected chi connectivity index (χ0v) is 20.9. The van der Waals surface area contributed by atoms with Crippen molar-refractivity contribution in [1.82, 2.24) is 20.0 Å². The molecule has 3 amide bonds. The first-order chi connectivity index (χ1) is 18.4. The van der Waals surface area contributed by atoms with E-state index in [4.69, 9.17) is 9.47 Å². The highest BCUT2D eigenvalue weighted by Gasteiger charge is 2.31. The number of fused-ring (bicyclic) bond motifs is 1. The summed E-state index contributed by atoms with van der Waals surface area (Å²) in [4.78, 5) is 41.0. The predicted octanol–water partition coefficient (Wildman–Crippen LogP) is 2.60. The lowest BCUT2D eigenvalue weighted by Crippen LogP contribution is -2.50. The molecule has 3 aromatic rings. The van der Waals surface area contributed by atoms with E-state index >= 15 is 0 Å². The molecule has 2 aliphatic rings. The zero-order chi connectivity index (χ0) is 26.6. The van der Waals surface area contributed by atoms with Gasteiger partial charge in [-0.2, -0.15) is 9.78 Å². The number of halogens is 1. The van der Waals surface area contributed by atoms with E-state index in [1.165, 1.54) is 23.2 Å². The number of rotatable bonds is 7. The first kappa shape index (κ1) is 25.2. The number of hydrogen-bond donors (Lipinski definition) is 1. The number of carbonyl (C=O) groups excluding carboxylic acids is 3. The number of likely N-dealkylation sites (tertiary alicyclic amines) is 1. The Morgan fingerprint density at radius 3 is 2.87 bits per heavy atom. The number of likely N-dealkylation sites (N-methyl/N-ethyl adjacent to an activating group) is 1. The summed E-state index contributed by atoms with van der Waals surface area (Å²) in [6.07, 6.45) is 4.93. The summed E-state index contributed by atoms with van der Waals surface area (Å²) in [5.74, 6) is 0.478. The first-order valence-electron chi connectivity index (χ1n) is 12.4. The van der Waals surface area contributed by atoms with E-state index in [0.717, 1.165) is 28.8 Å². The van der Waals surface area contributed by atoms with Gasteiger partial charge in [-0.05, 0) is 41.8 Å². The van der Waals surface area contributed by atoms with Crippen LogP contribution < -0.4 is 19.7 Å². The fourth-order valence-electron chi connectivity index (χ4n) is 4.55. The third-order valence-corrected chi connectivity index (χ3v) is 6.57. The van der Waals surface area contributed by atoms with Gasteiger partial charge in [-0.15, -0.1) is 0 Å². The van der Waals surface area contributed by atoms with Crippen LogP contribution in [0.4, 0.5) is 14.9 Å². The van der Waals surface area contributed by atoms with Gasteiger partial charge in [0.2, 0.25) is 5.91 Å². The second-order valence-corrected chi connectivity index (χ2v) is 9.27. The van der Waals surface area contributed by atoms with Crippen molar-refractivity contribution in [2.45, 2.75) is 25.3 Å². The van der Waals surface area contributed by atoms with Crippen molar-refractivity contribution in [3.8, 4) is 11.5 Å². The van der Waals surface area contributed by atoms with Crippen LogP contribution in [0.1, 0.15) is 24.0 Å². The summed E-state index contributed by atoms with van der Waals surface area (Å²) in [6.45, 7) is 1.54. The van der Waals surface area contributed by atoms with Gasteiger partial charge in [0.25, 0.3) is 5.91 Å². The Hall–Kier alpha value is -4.41. The Bertz CT molecular complexity index is 1360. The van der Waals surface area contributed by atoms with E-state index in [1.807, 2.05) is 0 Å². The molecule has 1 atom stereocenters. The third kappa shape index (κ3) is 5.61. The molecular weight excluding hydrogens is 493 g/mol. The molecule has 1 N–H and O–H groups in total. The molecule has 0 aliphatic carbocycles. The monoisotopic (exact) mass is 521 g/mol. The van der Waals surface area contributed by atoms with Crippen molar-refractivity contribution in [2.24, 2.45) is 0 Å². The van der Waals surface area contributed by atoms with Crippen LogP contribution in [0.3, 0.4) is 0 Å². The van der Waals surface area contributed by atoms with Crippen molar-refractivity contribution in [3.05, 3.63) is 71.8 Å². The molecule has 10 nitrogen and oxygen atoms in total. The molecule has 0 radical (unpaired) electrons. The fraction of sp³-hybridized carbons (Fsp3) is 0.333. The molecule has 0 bridgehead atoms. The number of ether oxygens (including phenoxy) is 2. The number of anilines is 1. The van der Waals surface area contributed by atoms with Crippen molar-refractivity contribution >= 4 is 23.5 Å². The average Bonchev–Trinajstić information content (AvgIpc) is 3.52. The summed E-state index contributed by atoms with van der Waals surface area (Å²) >= 11 is 0. The van der Waals surface area contributed by atoms with E-state index in [1.54, 1.807) is 48.5 Å². The minimum absolute atomic E-state index is 0.0589. The molecule has 0 spiro atoms. The number of nitrogens with one attached hydrogen (secondary N) is 1. The Morgan fingerprint density at radius 1 is 1.21 bits per heavy atom. The van der Waals surface area contributed by atoms with Gasteiger partial charge in [-0.25, -0.2) is 9.18 Å². The summed E-state index contributed by atoms with van der Waals surface area (Å²) in [6, 6.07) is 9.84. The van der Waals surface area contributed by atoms with Crippen molar-refractivity contribution < 1.29 is 28.2 Å². The number of amides is 3. The number of hydrogen-bond acceptors (Lipinski definition) is 6. The molecule has 0 unspecified atom stereocenters. The van der Waals surface area contributed by atoms with E-state index in [9.17, 15) is 18.8 Å². The Balaban J connectivity index is 1.20. The highest BCUT2D eigenvalue weighted by Crippen LogP contribution is 2.34. The van der Waals surface area contributed by atoms with Crippen molar-refractivity contribution in [2.75, 3.05) is 38.3 Å². The summed E-state index contributed by atoms with van der Waals surface area (Å²) < 4.78 is 26.2. The predicted molar refractivity (Wildman–Crippen MR) is 136 cm³/mol. The maximum Gasteiger partial charge on any atom is 0.342 e. The van der Waals surface area contributed by atoms with Gasteiger partial charge in [0.1, 0.15) is 36.6 Å². The first-order valence-corrected chi connectivity index (χ1v) is 12.4. The Kier molecular flexibility index (Phi) is 7.25. The van der Waals surface area contributed by atoms with Gasteiger partial charge in [0.15, 0.2) is 0 Å². The normalized spacial score (nSPS) is 17.2. The molecule has 1 fully saturated rings. The van der Waals surface area contributed by atoms with E-state index in [-0.39, 0.29) is 24.2 Å². The molecule has 38 heavy (non-hydrogen) atoms. The van der Waals surface area contributed by atoms with Crippen LogP contribution in [0.2, 0.25) is 0 Å². The minimum atomic E-state index is -0.943. The zero-order valence-electron chi connectivity index (χ0n) is 20.9. The van der Waals surface area contributed by atoms with Crippen LogP contribution in [0.5, 0.6) is 11.5 Å². The van der Waals surface area contributed by atoms with E-state index < -0.39 is 12.1 Å². The van der Waals surface area contributed by atoms with Crippen molar-refractivity contribution in [1.29, 1.82) is 0 Å². The lowest BCUT2D eigenvalue weighted by atomic mass is 10.1. The average molecular weight is 522 g/mol. The minimum Gasteiger partial charge on any atom is -0.492 e. The molecule has 1 aromatic heterocycles. The number of aromatic nitrogens is 2. The Morgan fingerprint density at radius 2 is 2.08 bits per heavy atom. The molecule has 0 saturated carbocycles. The van der Waals surface area contributed by atoms with Crippen LogP contribution in [0.25, 0.3) is 0 Å². The lowest BCUT2D eigenvalue weighted by Gasteiger charge is -2.21. The Labute approximate surface area is 218 Å². The summed E-state index contributed by atoms with van der Waals surface area (Å²) in [5, 5.41) is 6.76. The van der Waals surface area contributed by atoms with Crippen LogP contribution in [0, 0.1) is 5.82 Å². The van der Waals surface area contributed by atoms with Crippen molar-refractivity contribution in [3.63, 3.8) is 0 Å². The van der Waals surface area contributed by atoms with Crippen LogP contribution in [-0.2, 0) is 16.0 Å². The van der Waals surface area contributed by atoms with Gasteiger partial charge < -0.3 is 24.6 Å². The largest absolute Gasteiger partial charge is 0.492 e. The molecule has 2 aliphatic heterocycles. The second-order valence-electron chi connectivity index (χ2n) is 9.27. The van der Waals surface area contributed by atoms with Gasteiger partial charge in [-0.3, -0.25) is 9.59 Å². The molecular formula is C27H28FN5O5. The van der Waals surface area contributed by atoms with Gasteiger partial charge in [-0.1, -0.05) is 12.1 Å². The quantitative estimate of drug-likeness (QED) is 0.513. The second kappa shape index (κ2) is 10.9. The summed E-state index contributed by atoms with van der Waals surface area (Å²) in [7, 11) is 1.60. The topological polar surface area (TPSA) is 106 Å².